The molecule has 2 aromatic carbocycles. The lowest BCUT2D eigenvalue weighted by atomic mass is 10.1. The first-order valence-electron chi connectivity index (χ1n) is 10.7. The van der Waals surface area contributed by atoms with Crippen LogP contribution in [0.25, 0.3) is 10.9 Å². The van der Waals surface area contributed by atoms with E-state index in [9.17, 15) is 14.4 Å². The van der Waals surface area contributed by atoms with E-state index in [4.69, 9.17) is 5.26 Å². The number of aromatic amines is 1. The molecule has 32 heavy (non-hydrogen) atoms. The number of rotatable bonds is 7. The van der Waals surface area contributed by atoms with E-state index in [0.717, 1.165) is 21.4 Å². The van der Waals surface area contributed by atoms with Crippen LogP contribution in [0.2, 0.25) is 0 Å². The predicted octanol–water partition coefficient (Wildman–Crippen LogP) is 3.54. The first kappa shape index (κ1) is 21.3. The summed E-state index contributed by atoms with van der Waals surface area (Å²) in [5.74, 6) is -0.866. The fourth-order valence-electron chi connectivity index (χ4n) is 4.21. The Kier molecular flexibility index (Phi) is 6.04. The summed E-state index contributed by atoms with van der Waals surface area (Å²) >= 11 is 0. The molecule has 162 valence electrons. The van der Waals surface area contributed by atoms with Gasteiger partial charge in [0.05, 0.1) is 23.7 Å². The summed E-state index contributed by atoms with van der Waals surface area (Å²) in [7, 11) is 0. The Balaban J connectivity index is 1.57. The molecule has 1 aromatic heterocycles. The topological polar surface area (TPSA) is 97.3 Å². The molecule has 3 amide bonds. The Hall–Kier alpha value is -3.92. The van der Waals surface area contributed by atoms with E-state index >= 15 is 0 Å². The largest absolute Gasteiger partial charge is 0.361 e. The van der Waals surface area contributed by atoms with Crippen LogP contribution in [-0.4, -0.2) is 40.2 Å². The summed E-state index contributed by atoms with van der Waals surface area (Å²) < 4.78 is 0. The minimum absolute atomic E-state index is 0.0395. The van der Waals surface area contributed by atoms with Gasteiger partial charge in [-0.05, 0) is 48.7 Å². The number of para-hydroxylation sites is 1. The van der Waals surface area contributed by atoms with Crippen LogP contribution >= 0.6 is 0 Å². The van der Waals surface area contributed by atoms with E-state index in [1.165, 1.54) is 0 Å². The van der Waals surface area contributed by atoms with Crippen LogP contribution < -0.4 is 4.90 Å². The second kappa shape index (κ2) is 9.06. The molecule has 3 aromatic rings. The molecular weight excluding hydrogens is 404 g/mol. The third kappa shape index (κ3) is 4.00. The Labute approximate surface area is 186 Å². The van der Waals surface area contributed by atoms with Crippen molar-refractivity contribution in [2.24, 2.45) is 0 Å². The lowest BCUT2D eigenvalue weighted by molar-refractivity contribution is -0.138. The summed E-state index contributed by atoms with van der Waals surface area (Å²) in [6.07, 6.45) is 3.45. The van der Waals surface area contributed by atoms with Gasteiger partial charge in [0.2, 0.25) is 11.8 Å². The van der Waals surface area contributed by atoms with Gasteiger partial charge in [0.1, 0.15) is 6.04 Å². The molecule has 0 spiro atoms. The third-order valence-corrected chi connectivity index (χ3v) is 5.83. The number of hydrogen-bond acceptors (Lipinski definition) is 4. The molecule has 1 atom stereocenters. The third-order valence-electron chi connectivity index (χ3n) is 5.83. The number of H-pyrrole nitrogens is 1. The van der Waals surface area contributed by atoms with Crippen LogP contribution in [0.5, 0.6) is 0 Å². The second-order valence-electron chi connectivity index (χ2n) is 7.89. The normalized spacial score (nSPS) is 15.9. The molecule has 0 radical (unpaired) electrons. The van der Waals surface area contributed by atoms with Crippen molar-refractivity contribution in [1.82, 2.24) is 9.88 Å². The van der Waals surface area contributed by atoms with Gasteiger partial charge in [-0.25, -0.2) is 4.90 Å². The van der Waals surface area contributed by atoms with Crippen molar-refractivity contribution in [2.75, 3.05) is 11.4 Å². The van der Waals surface area contributed by atoms with Gasteiger partial charge in [0.15, 0.2) is 0 Å². The number of carbonyl (C=O) groups is 3. The molecule has 1 N–H and O–H groups in total. The zero-order valence-corrected chi connectivity index (χ0v) is 17.9. The Morgan fingerprint density at radius 3 is 2.66 bits per heavy atom. The molecule has 1 unspecified atom stereocenters. The van der Waals surface area contributed by atoms with E-state index < -0.39 is 11.9 Å². The quantitative estimate of drug-likeness (QED) is 0.582. The number of amides is 3. The highest BCUT2D eigenvalue weighted by molar-refractivity contribution is 6.23. The average molecular weight is 428 g/mol. The standard InChI is InChI=1S/C25H24N4O3/c1-2-5-23(30)28(13-12-18-16-27-21-7-4-3-6-20(18)21)22-14-24(31)29(25(22)32)19-10-8-17(15-26)9-11-19/h3-4,6-11,16,22,27H,2,5,12-14H2,1H3. The monoisotopic (exact) mass is 428 g/mol. The SMILES string of the molecule is CCCC(=O)N(CCc1c[nH]c2ccccc12)C1CC(=O)N(c2ccc(C#N)cc2)C1=O. The van der Waals surface area contributed by atoms with Crippen LogP contribution in [0.3, 0.4) is 0 Å². The minimum Gasteiger partial charge on any atom is -0.361 e. The van der Waals surface area contributed by atoms with E-state index in [-0.39, 0.29) is 18.2 Å². The predicted molar refractivity (Wildman–Crippen MR) is 121 cm³/mol. The van der Waals surface area contributed by atoms with Gasteiger partial charge in [-0.15, -0.1) is 0 Å². The van der Waals surface area contributed by atoms with Crippen molar-refractivity contribution in [2.45, 2.75) is 38.6 Å². The van der Waals surface area contributed by atoms with Gasteiger partial charge in [-0.2, -0.15) is 5.26 Å². The second-order valence-corrected chi connectivity index (χ2v) is 7.89. The summed E-state index contributed by atoms with van der Waals surface area (Å²) in [5.41, 5.74) is 2.95. The number of nitriles is 1. The molecule has 1 saturated heterocycles. The van der Waals surface area contributed by atoms with Crippen LogP contribution in [0.4, 0.5) is 5.69 Å². The van der Waals surface area contributed by atoms with Crippen LogP contribution in [0, 0.1) is 11.3 Å². The maximum absolute atomic E-state index is 13.2. The zero-order valence-electron chi connectivity index (χ0n) is 17.9. The number of anilines is 1. The van der Waals surface area contributed by atoms with E-state index in [2.05, 4.69) is 4.98 Å². The fourth-order valence-corrected chi connectivity index (χ4v) is 4.21. The Morgan fingerprint density at radius 1 is 1.19 bits per heavy atom. The molecule has 4 rings (SSSR count). The van der Waals surface area contributed by atoms with Gasteiger partial charge in [-0.1, -0.05) is 25.1 Å². The van der Waals surface area contributed by atoms with Gasteiger partial charge in [0.25, 0.3) is 5.91 Å². The molecule has 0 saturated carbocycles. The number of hydrogen-bond donors (Lipinski definition) is 1. The smallest absolute Gasteiger partial charge is 0.257 e. The van der Waals surface area contributed by atoms with Crippen LogP contribution in [0.1, 0.15) is 37.3 Å². The summed E-state index contributed by atoms with van der Waals surface area (Å²) in [4.78, 5) is 44.8. The minimum atomic E-state index is -0.817. The number of carbonyl (C=O) groups excluding carboxylic acids is 3. The number of nitrogens with one attached hydrogen (secondary N) is 1. The van der Waals surface area contributed by atoms with Crippen molar-refractivity contribution < 1.29 is 14.4 Å². The van der Waals surface area contributed by atoms with E-state index in [0.29, 0.717) is 37.1 Å². The molecule has 1 fully saturated rings. The average Bonchev–Trinajstić information content (AvgIpc) is 3.35. The summed E-state index contributed by atoms with van der Waals surface area (Å²) in [5, 5.41) is 10.1. The maximum atomic E-state index is 13.2. The highest BCUT2D eigenvalue weighted by Gasteiger charge is 2.44. The molecule has 1 aliphatic rings. The molecular formula is C25H24N4O3. The highest BCUT2D eigenvalue weighted by atomic mass is 16.2. The van der Waals surface area contributed by atoms with E-state index in [1.807, 2.05) is 43.5 Å². The fraction of sp³-hybridized carbons (Fsp3) is 0.280. The van der Waals surface area contributed by atoms with E-state index in [1.54, 1.807) is 29.2 Å². The lowest BCUT2D eigenvalue weighted by Crippen LogP contribution is -2.46. The number of imide groups is 1. The Bertz CT molecular complexity index is 1210. The number of aromatic nitrogens is 1. The maximum Gasteiger partial charge on any atom is 0.257 e. The van der Waals surface area contributed by atoms with Crippen molar-refractivity contribution in [3.8, 4) is 6.07 Å². The molecule has 1 aliphatic heterocycles. The summed E-state index contributed by atoms with van der Waals surface area (Å²) in [6.45, 7) is 2.27. The molecule has 0 aliphatic carbocycles. The van der Waals surface area contributed by atoms with Gasteiger partial charge < -0.3 is 9.88 Å². The van der Waals surface area contributed by atoms with Gasteiger partial charge in [-0.3, -0.25) is 14.4 Å². The van der Waals surface area contributed by atoms with Gasteiger partial charge in [0, 0.05) is 30.1 Å². The van der Waals surface area contributed by atoms with Crippen molar-refractivity contribution in [1.29, 1.82) is 5.26 Å². The molecule has 2 heterocycles. The van der Waals surface area contributed by atoms with Crippen LogP contribution in [-0.2, 0) is 20.8 Å². The molecule has 7 nitrogen and oxygen atoms in total. The molecule has 7 heteroatoms. The first-order chi connectivity index (χ1) is 15.5. The zero-order chi connectivity index (χ0) is 22.7. The van der Waals surface area contributed by atoms with Crippen molar-refractivity contribution in [3.05, 3.63) is 65.9 Å². The van der Waals surface area contributed by atoms with Crippen molar-refractivity contribution >= 4 is 34.3 Å². The molecule has 0 bridgehead atoms. The number of nitrogens with zero attached hydrogens (tertiary/aromatic N) is 3. The van der Waals surface area contributed by atoms with Crippen molar-refractivity contribution in [3.63, 3.8) is 0 Å². The summed E-state index contributed by atoms with van der Waals surface area (Å²) in [6, 6.07) is 15.5. The van der Waals surface area contributed by atoms with Gasteiger partial charge >= 0.3 is 0 Å². The number of fused-ring (bicyclic) bond motifs is 1. The first-order valence-corrected chi connectivity index (χ1v) is 10.7. The highest BCUT2D eigenvalue weighted by Crippen LogP contribution is 2.27. The van der Waals surface area contributed by atoms with Crippen LogP contribution in [0.15, 0.2) is 54.7 Å². The Morgan fingerprint density at radius 2 is 1.94 bits per heavy atom. The number of benzene rings is 2. The lowest BCUT2D eigenvalue weighted by Gasteiger charge is -2.27.